The van der Waals surface area contributed by atoms with Crippen molar-refractivity contribution >= 4 is 0 Å². The van der Waals surface area contributed by atoms with Gasteiger partial charge in [-0.2, -0.15) is 0 Å². The van der Waals surface area contributed by atoms with Crippen LogP contribution >= 0.6 is 0 Å². The lowest BCUT2D eigenvalue weighted by molar-refractivity contribution is 0.305. The molecule has 2 N–H and O–H groups in total. The minimum absolute atomic E-state index is 0.625. The van der Waals surface area contributed by atoms with Crippen molar-refractivity contribution in [2.45, 2.75) is 19.4 Å². The predicted octanol–water partition coefficient (Wildman–Crippen LogP) is 1.33. The first-order valence-corrected chi connectivity index (χ1v) is 5.99. The van der Waals surface area contributed by atoms with Gasteiger partial charge < -0.3 is 15.4 Å². The van der Waals surface area contributed by atoms with Crippen LogP contribution in [0.15, 0.2) is 24.3 Å². The monoisotopic (exact) mass is 220 g/mol. The molecular weight excluding hydrogens is 200 g/mol. The number of benzene rings is 1. The van der Waals surface area contributed by atoms with Crippen molar-refractivity contribution in [1.29, 1.82) is 0 Å². The second-order valence-electron chi connectivity index (χ2n) is 4.26. The Bertz CT molecular complexity index is 321. The Balaban J connectivity index is 1.66. The van der Waals surface area contributed by atoms with Gasteiger partial charge in [0.1, 0.15) is 12.4 Å². The molecule has 1 aliphatic heterocycles. The summed E-state index contributed by atoms with van der Waals surface area (Å²) in [6.07, 6.45) is 1.23. The Kier molecular flexibility index (Phi) is 4.19. The fourth-order valence-electron chi connectivity index (χ4n) is 1.97. The molecule has 1 saturated heterocycles. The van der Waals surface area contributed by atoms with E-state index in [1.165, 1.54) is 12.0 Å². The zero-order chi connectivity index (χ0) is 11.2. The summed E-state index contributed by atoms with van der Waals surface area (Å²) in [6.45, 7) is 5.95. The lowest BCUT2D eigenvalue weighted by Gasteiger charge is -2.12. The standard InChI is InChI=1S/C13H20N2O/c1-11-4-2-3-5-13(11)16-9-8-15-12-6-7-14-10-12/h2-5,12,14-15H,6-10H2,1H3. The van der Waals surface area contributed by atoms with Gasteiger partial charge in [-0.15, -0.1) is 0 Å². The van der Waals surface area contributed by atoms with Gasteiger partial charge in [0.15, 0.2) is 0 Å². The van der Waals surface area contributed by atoms with Crippen LogP contribution < -0.4 is 15.4 Å². The Morgan fingerprint density at radius 1 is 1.44 bits per heavy atom. The Morgan fingerprint density at radius 2 is 2.31 bits per heavy atom. The quantitative estimate of drug-likeness (QED) is 0.734. The van der Waals surface area contributed by atoms with Crippen molar-refractivity contribution in [1.82, 2.24) is 10.6 Å². The number of hydrogen-bond acceptors (Lipinski definition) is 3. The van der Waals surface area contributed by atoms with E-state index in [1.54, 1.807) is 0 Å². The van der Waals surface area contributed by atoms with Gasteiger partial charge in [-0.05, 0) is 31.5 Å². The van der Waals surface area contributed by atoms with Gasteiger partial charge in [-0.3, -0.25) is 0 Å². The minimum atomic E-state index is 0.625. The van der Waals surface area contributed by atoms with E-state index in [2.05, 4.69) is 23.6 Å². The molecule has 88 valence electrons. The molecule has 0 aliphatic carbocycles. The molecule has 3 heteroatoms. The second kappa shape index (κ2) is 5.87. The fourth-order valence-corrected chi connectivity index (χ4v) is 1.97. The summed E-state index contributed by atoms with van der Waals surface area (Å²) in [6, 6.07) is 8.76. The lowest BCUT2D eigenvalue weighted by atomic mass is 10.2. The van der Waals surface area contributed by atoms with Gasteiger partial charge in [0.05, 0.1) is 0 Å². The van der Waals surface area contributed by atoms with Crippen molar-refractivity contribution in [2.75, 3.05) is 26.2 Å². The zero-order valence-corrected chi connectivity index (χ0v) is 9.83. The molecule has 2 rings (SSSR count). The molecule has 0 saturated carbocycles. The highest BCUT2D eigenvalue weighted by molar-refractivity contribution is 5.31. The molecule has 1 aromatic carbocycles. The third kappa shape index (κ3) is 3.22. The summed E-state index contributed by atoms with van der Waals surface area (Å²) in [5.41, 5.74) is 1.20. The Labute approximate surface area is 97.2 Å². The number of nitrogens with one attached hydrogen (secondary N) is 2. The molecule has 3 nitrogen and oxygen atoms in total. The first-order chi connectivity index (χ1) is 7.86. The molecule has 1 heterocycles. The SMILES string of the molecule is Cc1ccccc1OCCNC1CCNC1. The van der Waals surface area contributed by atoms with Crippen molar-refractivity contribution in [3.8, 4) is 5.75 Å². The van der Waals surface area contributed by atoms with Crippen LogP contribution in [0.1, 0.15) is 12.0 Å². The van der Waals surface area contributed by atoms with Crippen LogP contribution in [0.5, 0.6) is 5.75 Å². The predicted molar refractivity (Wildman–Crippen MR) is 66.0 cm³/mol. The molecular formula is C13H20N2O. The maximum Gasteiger partial charge on any atom is 0.122 e. The summed E-state index contributed by atoms with van der Waals surface area (Å²) in [5, 5.41) is 6.82. The largest absolute Gasteiger partial charge is 0.492 e. The molecule has 0 aromatic heterocycles. The molecule has 16 heavy (non-hydrogen) atoms. The van der Waals surface area contributed by atoms with Crippen LogP contribution in [0, 0.1) is 6.92 Å². The van der Waals surface area contributed by atoms with E-state index in [0.717, 1.165) is 32.0 Å². The average molecular weight is 220 g/mol. The van der Waals surface area contributed by atoms with Gasteiger partial charge in [0.25, 0.3) is 0 Å². The van der Waals surface area contributed by atoms with E-state index >= 15 is 0 Å². The normalized spacial score (nSPS) is 19.9. The lowest BCUT2D eigenvalue weighted by Crippen LogP contribution is -2.34. The molecule has 1 aliphatic rings. The van der Waals surface area contributed by atoms with E-state index in [4.69, 9.17) is 4.74 Å². The summed E-state index contributed by atoms with van der Waals surface area (Å²) in [4.78, 5) is 0. The molecule has 1 atom stereocenters. The second-order valence-corrected chi connectivity index (χ2v) is 4.26. The van der Waals surface area contributed by atoms with Gasteiger partial charge in [-0.1, -0.05) is 18.2 Å². The smallest absolute Gasteiger partial charge is 0.122 e. The van der Waals surface area contributed by atoms with E-state index in [0.29, 0.717) is 6.04 Å². The Morgan fingerprint density at radius 3 is 3.06 bits per heavy atom. The highest BCUT2D eigenvalue weighted by atomic mass is 16.5. The van der Waals surface area contributed by atoms with Crippen LogP contribution in [-0.2, 0) is 0 Å². The minimum Gasteiger partial charge on any atom is -0.492 e. The van der Waals surface area contributed by atoms with Gasteiger partial charge in [0, 0.05) is 19.1 Å². The molecule has 1 aromatic rings. The maximum atomic E-state index is 5.71. The van der Waals surface area contributed by atoms with Crippen molar-refractivity contribution in [3.63, 3.8) is 0 Å². The molecule has 0 amide bonds. The summed E-state index contributed by atoms with van der Waals surface area (Å²) in [5.74, 6) is 0.994. The summed E-state index contributed by atoms with van der Waals surface area (Å²) >= 11 is 0. The van der Waals surface area contributed by atoms with Gasteiger partial charge >= 0.3 is 0 Å². The maximum absolute atomic E-state index is 5.71. The number of rotatable bonds is 5. The van der Waals surface area contributed by atoms with Crippen LogP contribution in [0.2, 0.25) is 0 Å². The van der Waals surface area contributed by atoms with E-state index in [1.807, 2.05) is 18.2 Å². The number of ether oxygens (including phenoxy) is 1. The fraction of sp³-hybridized carbons (Fsp3) is 0.538. The first-order valence-electron chi connectivity index (χ1n) is 5.99. The Hall–Kier alpha value is -1.06. The van der Waals surface area contributed by atoms with E-state index < -0.39 is 0 Å². The molecule has 1 fully saturated rings. The van der Waals surface area contributed by atoms with Crippen molar-refractivity contribution in [2.24, 2.45) is 0 Å². The molecule has 1 unspecified atom stereocenters. The molecule has 0 bridgehead atoms. The van der Waals surface area contributed by atoms with Gasteiger partial charge in [0.2, 0.25) is 0 Å². The number of aryl methyl sites for hydroxylation is 1. The van der Waals surface area contributed by atoms with Crippen LogP contribution in [0.25, 0.3) is 0 Å². The van der Waals surface area contributed by atoms with Crippen LogP contribution in [0.3, 0.4) is 0 Å². The highest BCUT2D eigenvalue weighted by Crippen LogP contribution is 2.15. The molecule has 0 spiro atoms. The van der Waals surface area contributed by atoms with E-state index in [9.17, 15) is 0 Å². The third-order valence-corrected chi connectivity index (χ3v) is 2.95. The van der Waals surface area contributed by atoms with E-state index in [-0.39, 0.29) is 0 Å². The first kappa shape index (κ1) is 11.4. The van der Waals surface area contributed by atoms with Crippen LogP contribution in [0.4, 0.5) is 0 Å². The average Bonchev–Trinajstić information content (AvgIpc) is 2.79. The number of hydrogen-bond donors (Lipinski definition) is 2. The summed E-state index contributed by atoms with van der Waals surface area (Å²) in [7, 11) is 0. The van der Waals surface area contributed by atoms with Crippen LogP contribution in [-0.4, -0.2) is 32.3 Å². The highest BCUT2D eigenvalue weighted by Gasteiger charge is 2.12. The van der Waals surface area contributed by atoms with Crippen molar-refractivity contribution < 1.29 is 4.74 Å². The third-order valence-electron chi connectivity index (χ3n) is 2.95. The summed E-state index contributed by atoms with van der Waals surface area (Å²) < 4.78 is 5.71. The van der Waals surface area contributed by atoms with Crippen molar-refractivity contribution in [3.05, 3.63) is 29.8 Å². The van der Waals surface area contributed by atoms with Gasteiger partial charge in [-0.25, -0.2) is 0 Å². The topological polar surface area (TPSA) is 33.3 Å². The zero-order valence-electron chi connectivity index (χ0n) is 9.83. The molecule has 0 radical (unpaired) electrons. The number of para-hydroxylation sites is 1.